The Kier molecular flexibility index (Phi) is 6.94. The van der Waals surface area contributed by atoms with Crippen molar-refractivity contribution in [2.75, 3.05) is 24.7 Å². The Balaban J connectivity index is 2.46. The first-order chi connectivity index (χ1) is 9.42. The summed E-state index contributed by atoms with van der Waals surface area (Å²) in [5.74, 6) is 0.594. The molecule has 2 amide bonds. The molecule has 0 saturated heterocycles. The van der Waals surface area contributed by atoms with Crippen LogP contribution in [0.1, 0.15) is 25.3 Å². The van der Waals surface area contributed by atoms with Crippen LogP contribution in [0, 0.1) is 5.92 Å². The molecule has 0 atom stereocenters. The van der Waals surface area contributed by atoms with Gasteiger partial charge in [-0.1, -0.05) is 25.2 Å². The first-order valence-electron chi connectivity index (χ1n) is 6.39. The van der Waals surface area contributed by atoms with Gasteiger partial charge in [0.05, 0.1) is 6.54 Å². The summed E-state index contributed by atoms with van der Waals surface area (Å²) in [5, 5.41) is 12.0. The Morgan fingerprint density at radius 2 is 2.10 bits per heavy atom. The molecule has 0 fully saturated rings. The van der Waals surface area contributed by atoms with Gasteiger partial charge in [-0.25, -0.2) is 0 Å². The number of likely N-dealkylation sites (N-methyl/N-ethyl adjacent to an activating group) is 1. The fourth-order valence-corrected chi connectivity index (χ4v) is 2.64. The number of hydrogen-bond acceptors (Lipinski definition) is 6. The highest BCUT2D eigenvalue weighted by Gasteiger charge is 2.14. The highest BCUT2D eigenvalue weighted by atomic mass is 32.1. The van der Waals surface area contributed by atoms with Crippen molar-refractivity contribution in [3.05, 3.63) is 5.01 Å². The van der Waals surface area contributed by atoms with Crippen molar-refractivity contribution in [2.45, 2.75) is 26.7 Å². The van der Waals surface area contributed by atoms with Gasteiger partial charge in [-0.15, -0.1) is 10.2 Å². The normalized spacial score (nSPS) is 10.7. The van der Waals surface area contributed by atoms with Gasteiger partial charge < -0.3 is 4.90 Å². The van der Waals surface area contributed by atoms with Crippen LogP contribution in [0.4, 0.5) is 5.13 Å². The van der Waals surface area contributed by atoms with Crippen LogP contribution in [-0.4, -0.2) is 46.3 Å². The Hall–Kier alpha value is -1.15. The van der Waals surface area contributed by atoms with E-state index in [1.165, 1.54) is 16.2 Å². The molecule has 0 saturated carbocycles. The van der Waals surface area contributed by atoms with Gasteiger partial charge in [-0.2, -0.15) is 12.6 Å². The standard InChI is InChI=1S/C12H20N4O2S2/c1-8(2)6-10-14-15-12(20-10)13-9(17)7-16(3)11(18)4-5-19/h8,19H,4-7H2,1-3H3,(H,13,15,17). The van der Waals surface area contributed by atoms with Crippen molar-refractivity contribution in [3.63, 3.8) is 0 Å². The average Bonchev–Trinajstić information content (AvgIpc) is 2.75. The summed E-state index contributed by atoms with van der Waals surface area (Å²) in [5.41, 5.74) is 0. The second-order valence-corrected chi connectivity index (χ2v) is 6.38. The van der Waals surface area contributed by atoms with E-state index < -0.39 is 0 Å². The van der Waals surface area contributed by atoms with E-state index in [0.717, 1.165) is 11.4 Å². The van der Waals surface area contributed by atoms with Crippen LogP contribution in [0.25, 0.3) is 0 Å². The quantitative estimate of drug-likeness (QED) is 0.747. The topological polar surface area (TPSA) is 75.2 Å². The monoisotopic (exact) mass is 316 g/mol. The van der Waals surface area contributed by atoms with Gasteiger partial charge >= 0.3 is 0 Å². The molecule has 20 heavy (non-hydrogen) atoms. The lowest BCUT2D eigenvalue weighted by atomic mass is 10.1. The third-order valence-corrected chi connectivity index (χ3v) is 3.51. The number of amides is 2. The van der Waals surface area contributed by atoms with Gasteiger partial charge in [0.15, 0.2) is 0 Å². The number of carbonyl (C=O) groups is 2. The summed E-state index contributed by atoms with van der Waals surface area (Å²) >= 11 is 5.36. The molecule has 0 radical (unpaired) electrons. The Labute approximate surface area is 128 Å². The lowest BCUT2D eigenvalue weighted by Gasteiger charge is -2.15. The molecule has 6 nitrogen and oxygen atoms in total. The van der Waals surface area contributed by atoms with Gasteiger partial charge in [-0.05, 0) is 11.7 Å². The summed E-state index contributed by atoms with van der Waals surface area (Å²) < 4.78 is 0. The number of carbonyl (C=O) groups excluding carboxylic acids is 2. The molecular formula is C12H20N4O2S2. The minimum atomic E-state index is -0.271. The number of anilines is 1. The molecule has 1 heterocycles. The van der Waals surface area contributed by atoms with Crippen molar-refractivity contribution in [1.82, 2.24) is 15.1 Å². The fourth-order valence-electron chi connectivity index (χ4n) is 1.48. The SMILES string of the molecule is CC(C)Cc1nnc(NC(=O)CN(C)C(=O)CCS)s1. The predicted octanol–water partition coefficient (Wildman–Crippen LogP) is 1.45. The van der Waals surface area contributed by atoms with E-state index in [1.807, 2.05) is 0 Å². The van der Waals surface area contributed by atoms with Crippen molar-refractivity contribution < 1.29 is 9.59 Å². The molecular weight excluding hydrogens is 296 g/mol. The van der Waals surface area contributed by atoms with E-state index in [9.17, 15) is 9.59 Å². The summed E-state index contributed by atoms with van der Waals surface area (Å²) in [6.07, 6.45) is 1.16. The number of nitrogens with one attached hydrogen (secondary N) is 1. The smallest absolute Gasteiger partial charge is 0.245 e. The van der Waals surface area contributed by atoms with Gasteiger partial charge in [0.2, 0.25) is 16.9 Å². The van der Waals surface area contributed by atoms with Crippen LogP contribution in [0.15, 0.2) is 0 Å². The summed E-state index contributed by atoms with van der Waals surface area (Å²) in [6, 6.07) is 0. The third kappa shape index (κ3) is 5.87. The molecule has 0 aliphatic rings. The second-order valence-electron chi connectivity index (χ2n) is 4.87. The number of thiol groups is 1. The molecule has 1 rings (SSSR count). The van der Waals surface area contributed by atoms with Gasteiger partial charge in [0.1, 0.15) is 5.01 Å². The van der Waals surface area contributed by atoms with Crippen LogP contribution in [0.5, 0.6) is 0 Å². The Morgan fingerprint density at radius 1 is 1.40 bits per heavy atom. The van der Waals surface area contributed by atoms with Gasteiger partial charge in [0.25, 0.3) is 0 Å². The zero-order valence-corrected chi connectivity index (χ0v) is 13.6. The van der Waals surface area contributed by atoms with Crippen LogP contribution in [-0.2, 0) is 16.0 Å². The molecule has 0 aromatic carbocycles. The van der Waals surface area contributed by atoms with Crippen LogP contribution < -0.4 is 5.32 Å². The van der Waals surface area contributed by atoms with Crippen LogP contribution in [0.2, 0.25) is 0 Å². The zero-order valence-electron chi connectivity index (χ0n) is 11.9. The predicted molar refractivity (Wildman–Crippen MR) is 83.2 cm³/mol. The lowest BCUT2D eigenvalue weighted by Crippen LogP contribution is -2.34. The molecule has 0 unspecified atom stereocenters. The van der Waals surface area contributed by atoms with Crippen LogP contribution in [0.3, 0.4) is 0 Å². The molecule has 1 aromatic rings. The van der Waals surface area contributed by atoms with Crippen molar-refractivity contribution in [2.24, 2.45) is 5.92 Å². The fraction of sp³-hybridized carbons (Fsp3) is 0.667. The molecule has 1 aromatic heterocycles. The molecule has 112 valence electrons. The van der Waals surface area contributed by atoms with E-state index in [4.69, 9.17) is 0 Å². The first-order valence-corrected chi connectivity index (χ1v) is 7.84. The molecule has 0 spiro atoms. The number of nitrogens with zero attached hydrogens (tertiary/aromatic N) is 3. The molecule has 1 N–H and O–H groups in total. The zero-order chi connectivity index (χ0) is 15.1. The maximum absolute atomic E-state index is 11.8. The van der Waals surface area contributed by atoms with Crippen LogP contribution >= 0.6 is 24.0 Å². The number of aromatic nitrogens is 2. The Bertz CT molecular complexity index is 462. The second kappa shape index (κ2) is 8.21. The number of rotatable bonds is 7. The Morgan fingerprint density at radius 3 is 2.70 bits per heavy atom. The van der Waals surface area contributed by atoms with E-state index in [2.05, 4.69) is 42.0 Å². The molecule has 0 aliphatic carbocycles. The minimum Gasteiger partial charge on any atom is -0.336 e. The summed E-state index contributed by atoms with van der Waals surface area (Å²) in [7, 11) is 1.59. The summed E-state index contributed by atoms with van der Waals surface area (Å²) in [4.78, 5) is 24.7. The van der Waals surface area contributed by atoms with Gasteiger partial charge in [0, 0.05) is 19.9 Å². The van der Waals surface area contributed by atoms with Crippen molar-refractivity contribution >= 4 is 40.9 Å². The van der Waals surface area contributed by atoms with E-state index >= 15 is 0 Å². The van der Waals surface area contributed by atoms with Crippen molar-refractivity contribution in [1.29, 1.82) is 0 Å². The summed E-state index contributed by atoms with van der Waals surface area (Å²) in [6.45, 7) is 4.20. The van der Waals surface area contributed by atoms with E-state index in [0.29, 0.717) is 23.2 Å². The maximum atomic E-state index is 11.8. The highest BCUT2D eigenvalue weighted by Crippen LogP contribution is 2.18. The van der Waals surface area contributed by atoms with Crippen molar-refractivity contribution in [3.8, 4) is 0 Å². The number of hydrogen-bond donors (Lipinski definition) is 2. The minimum absolute atomic E-state index is 0.00566. The maximum Gasteiger partial charge on any atom is 0.245 e. The highest BCUT2D eigenvalue weighted by molar-refractivity contribution is 7.80. The van der Waals surface area contributed by atoms with Gasteiger partial charge in [-0.3, -0.25) is 14.9 Å². The third-order valence-electron chi connectivity index (χ3n) is 2.43. The first kappa shape index (κ1) is 16.9. The molecule has 0 aliphatic heterocycles. The molecule has 8 heteroatoms. The average molecular weight is 316 g/mol. The lowest BCUT2D eigenvalue weighted by molar-refractivity contribution is -0.132. The molecule has 0 bridgehead atoms. The van der Waals surface area contributed by atoms with E-state index in [1.54, 1.807) is 7.05 Å². The van der Waals surface area contributed by atoms with E-state index in [-0.39, 0.29) is 18.4 Å². The largest absolute Gasteiger partial charge is 0.336 e.